The first kappa shape index (κ1) is 13.0. The molecule has 106 valence electrons. The molecule has 3 rings (SSSR count). The van der Waals surface area contributed by atoms with Gasteiger partial charge in [-0.2, -0.15) is 5.10 Å². The second-order valence-corrected chi connectivity index (χ2v) is 5.80. The molecule has 1 aliphatic rings. The van der Waals surface area contributed by atoms with Crippen LogP contribution < -0.4 is 10.6 Å². The van der Waals surface area contributed by atoms with Crippen molar-refractivity contribution in [1.29, 1.82) is 0 Å². The van der Waals surface area contributed by atoms with E-state index in [4.69, 9.17) is 5.73 Å². The number of hydrogen-bond donors (Lipinski definition) is 1. The van der Waals surface area contributed by atoms with E-state index in [1.54, 1.807) is 0 Å². The summed E-state index contributed by atoms with van der Waals surface area (Å²) in [7, 11) is 0. The summed E-state index contributed by atoms with van der Waals surface area (Å²) in [6.45, 7) is 8.19. The van der Waals surface area contributed by atoms with E-state index in [0.29, 0.717) is 6.04 Å². The first-order valence-electron chi connectivity index (χ1n) is 7.24. The number of benzene rings is 1. The van der Waals surface area contributed by atoms with E-state index in [1.165, 1.54) is 11.1 Å². The van der Waals surface area contributed by atoms with Crippen LogP contribution in [0.4, 0.5) is 11.5 Å². The highest BCUT2D eigenvalue weighted by atomic mass is 15.4. The third kappa shape index (κ3) is 2.05. The molecule has 2 N–H and O–H groups in total. The summed E-state index contributed by atoms with van der Waals surface area (Å²) in [5, 5.41) is 4.59. The summed E-state index contributed by atoms with van der Waals surface area (Å²) in [6.07, 6.45) is 1.07. The van der Waals surface area contributed by atoms with Gasteiger partial charge < -0.3 is 10.6 Å². The molecule has 20 heavy (non-hydrogen) atoms. The summed E-state index contributed by atoms with van der Waals surface area (Å²) >= 11 is 0. The highest BCUT2D eigenvalue weighted by Crippen LogP contribution is 2.32. The Kier molecular flexibility index (Phi) is 3.16. The minimum absolute atomic E-state index is 0.318. The van der Waals surface area contributed by atoms with Crippen LogP contribution in [0.5, 0.6) is 0 Å². The molecule has 0 aliphatic carbocycles. The summed E-state index contributed by atoms with van der Waals surface area (Å²) in [5.74, 6) is 1.08. The van der Waals surface area contributed by atoms with Crippen LogP contribution in [0.15, 0.2) is 24.3 Å². The lowest BCUT2D eigenvalue weighted by molar-refractivity contribution is 0.518. The molecule has 0 bridgehead atoms. The summed E-state index contributed by atoms with van der Waals surface area (Å²) in [5.41, 5.74) is 10.9. The number of nitrogens with zero attached hydrogens (tertiary/aromatic N) is 3. The minimum atomic E-state index is 0.318. The van der Waals surface area contributed by atoms with Crippen LogP contribution in [0.25, 0.3) is 0 Å². The molecule has 0 atom stereocenters. The summed E-state index contributed by atoms with van der Waals surface area (Å²) in [4.78, 5) is 2.36. The van der Waals surface area contributed by atoms with Crippen LogP contribution in [-0.4, -0.2) is 16.3 Å². The molecule has 0 amide bonds. The number of fused-ring (bicyclic) bond motifs is 1. The summed E-state index contributed by atoms with van der Waals surface area (Å²) in [6, 6.07) is 8.97. The van der Waals surface area contributed by atoms with Gasteiger partial charge in [-0.05, 0) is 38.3 Å². The third-order valence-electron chi connectivity index (χ3n) is 4.02. The van der Waals surface area contributed by atoms with Gasteiger partial charge in [-0.25, -0.2) is 4.68 Å². The van der Waals surface area contributed by atoms with Crippen molar-refractivity contribution in [3.8, 4) is 0 Å². The molecule has 0 fully saturated rings. The Labute approximate surface area is 120 Å². The average Bonchev–Trinajstić information content (AvgIpc) is 2.75. The molecule has 0 saturated carbocycles. The first-order chi connectivity index (χ1) is 9.58. The van der Waals surface area contributed by atoms with Gasteiger partial charge in [-0.1, -0.05) is 24.3 Å². The van der Waals surface area contributed by atoms with Gasteiger partial charge in [0.1, 0.15) is 0 Å². The monoisotopic (exact) mass is 270 g/mol. The maximum Gasteiger partial charge on any atom is 0.151 e. The standard InChI is InChI=1S/C16H22N4/c1-11(2)20-16(15(17)12(3)18-20)19-9-8-13-6-4-5-7-14(13)10-19/h4-7,11H,8-10,17H2,1-3H3. The molecule has 1 aromatic heterocycles. The molecule has 1 aliphatic heterocycles. The lowest BCUT2D eigenvalue weighted by atomic mass is 10.00. The molecule has 1 aromatic carbocycles. The molecule has 0 unspecified atom stereocenters. The fraction of sp³-hybridized carbons (Fsp3) is 0.438. The topological polar surface area (TPSA) is 47.1 Å². The Morgan fingerprint density at radius 3 is 2.60 bits per heavy atom. The van der Waals surface area contributed by atoms with Crippen molar-refractivity contribution in [2.24, 2.45) is 0 Å². The molecule has 0 radical (unpaired) electrons. The molecule has 4 heteroatoms. The molecule has 2 heterocycles. The number of hydrogen-bond acceptors (Lipinski definition) is 3. The van der Waals surface area contributed by atoms with E-state index < -0.39 is 0 Å². The molecule has 2 aromatic rings. The number of nitrogen functional groups attached to an aromatic ring is 1. The molecular formula is C16H22N4. The van der Waals surface area contributed by atoms with Gasteiger partial charge in [0, 0.05) is 19.1 Å². The number of anilines is 2. The highest BCUT2D eigenvalue weighted by molar-refractivity contribution is 5.67. The van der Waals surface area contributed by atoms with Crippen molar-refractivity contribution >= 4 is 11.5 Å². The maximum atomic E-state index is 6.27. The Morgan fingerprint density at radius 1 is 1.20 bits per heavy atom. The smallest absolute Gasteiger partial charge is 0.151 e. The van der Waals surface area contributed by atoms with Crippen LogP contribution in [-0.2, 0) is 13.0 Å². The normalized spacial score (nSPS) is 14.7. The van der Waals surface area contributed by atoms with Gasteiger partial charge in [-0.3, -0.25) is 0 Å². The highest BCUT2D eigenvalue weighted by Gasteiger charge is 2.24. The van der Waals surface area contributed by atoms with Crippen molar-refractivity contribution in [3.05, 3.63) is 41.1 Å². The van der Waals surface area contributed by atoms with E-state index in [9.17, 15) is 0 Å². The first-order valence-corrected chi connectivity index (χ1v) is 7.24. The van der Waals surface area contributed by atoms with E-state index >= 15 is 0 Å². The van der Waals surface area contributed by atoms with Crippen molar-refractivity contribution < 1.29 is 0 Å². The van der Waals surface area contributed by atoms with Gasteiger partial charge in [0.05, 0.1) is 11.4 Å². The van der Waals surface area contributed by atoms with E-state index in [0.717, 1.165) is 36.7 Å². The van der Waals surface area contributed by atoms with Crippen LogP contribution >= 0.6 is 0 Å². The zero-order chi connectivity index (χ0) is 14.3. The quantitative estimate of drug-likeness (QED) is 0.912. The van der Waals surface area contributed by atoms with E-state index in [1.807, 2.05) is 6.92 Å². The van der Waals surface area contributed by atoms with Gasteiger partial charge in [0.25, 0.3) is 0 Å². The van der Waals surface area contributed by atoms with Crippen LogP contribution in [0.1, 0.15) is 36.7 Å². The van der Waals surface area contributed by atoms with Gasteiger partial charge >= 0.3 is 0 Å². The number of rotatable bonds is 2. The Balaban J connectivity index is 1.99. The van der Waals surface area contributed by atoms with Gasteiger partial charge in [-0.15, -0.1) is 0 Å². The number of aromatic nitrogens is 2. The van der Waals surface area contributed by atoms with E-state index in [2.05, 4.69) is 52.8 Å². The Morgan fingerprint density at radius 2 is 1.90 bits per heavy atom. The Bertz CT molecular complexity index is 627. The maximum absolute atomic E-state index is 6.27. The summed E-state index contributed by atoms with van der Waals surface area (Å²) < 4.78 is 2.05. The molecule has 0 saturated heterocycles. The zero-order valence-corrected chi connectivity index (χ0v) is 12.4. The molecule has 4 nitrogen and oxygen atoms in total. The van der Waals surface area contributed by atoms with Crippen LogP contribution in [0.2, 0.25) is 0 Å². The average molecular weight is 270 g/mol. The lowest BCUT2D eigenvalue weighted by Gasteiger charge is -2.32. The number of nitrogens with two attached hydrogens (primary N) is 1. The van der Waals surface area contributed by atoms with E-state index in [-0.39, 0.29) is 0 Å². The number of aryl methyl sites for hydroxylation is 1. The lowest BCUT2D eigenvalue weighted by Crippen LogP contribution is -2.33. The van der Waals surface area contributed by atoms with Crippen molar-refractivity contribution in [3.63, 3.8) is 0 Å². The third-order valence-corrected chi connectivity index (χ3v) is 4.02. The van der Waals surface area contributed by atoms with Crippen molar-refractivity contribution in [1.82, 2.24) is 9.78 Å². The molecular weight excluding hydrogens is 248 g/mol. The fourth-order valence-electron chi connectivity index (χ4n) is 2.90. The largest absolute Gasteiger partial charge is 0.394 e. The second kappa shape index (κ2) is 4.85. The van der Waals surface area contributed by atoms with Gasteiger partial charge in [0.2, 0.25) is 0 Å². The predicted octanol–water partition coefficient (Wildman–Crippen LogP) is 2.92. The van der Waals surface area contributed by atoms with Crippen LogP contribution in [0, 0.1) is 6.92 Å². The fourth-order valence-corrected chi connectivity index (χ4v) is 2.90. The van der Waals surface area contributed by atoms with Crippen molar-refractivity contribution in [2.75, 3.05) is 17.2 Å². The second-order valence-electron chi connectivity index (χ2n) is 5.80. The molecule has 0 spiro atoms. The van der Waals surface area contributed by atoms with Crippen molar-refractivity contribution in [2.45, 2.75) is 39.8 Å². The van der Waals surface area contributed by atoms with Crippen LogP contribution in [0.3, 0.4) is 0 Å². The predicted molar refractivity (Wildman–Crippen MR) is 83.0 cm³/mol. The SMILES string of the molecule is Cc1nn(C(C)C)c(N2CCc3ccccc3C2)c1N. The zero-order valence-electron chi connectivity index (χ0n) is 12.4. The van der Waals surface area contributed by atoms with Gasteiger partial charge in [0.15, 0.2) is 5.82 Å². The minimum Gasteiger partial charge on any atom is -0.394 e. The Hall–Kier alpha value is -1.97.